The fraction of sp³-hybridized carbons (Fsp3) is 0.545. The molecule has 0 N–H and O–H groups in total. The van der Waals surface area contributed by atoms with Gasteiger partial charge >= 0.3 is 0 Å². The van der Waals surface area contributed by atoms with Crippen molar-refractivity contribution >= 4 is 6.29 Å². The van der Waals surface area contributed by atoms with Crippen molar-refractivity contribution < 1.29 is 9.53 Å². The molecule has 1 aromatic rings. The largest absolute Gasteiger partial charge is 0.478 e. The standard InChI is InChI=1S/C11H16N2O2/c1-5-15-9-6-8(2)12-10(13-9)11(3,4)7-14/h6-7H,5H2,1-4H3. The number of aldehydes is 1. The summed E-state index contributed by atoms with van der Waals surface area (Å²) in [6, 6.07) is 1.76. The van der Waals surface area contributed by atoms with Gasteiger partial charge in [0.1, 0.15) is 12.1 Å². The van der Waals surface area contributed by atoms with E-state index in [1.165, 1.54) is 0 Å². The van der Waals surface area contributed by atoms with E-state index in [1.807, 2.05) is 13.8 Å². The molecule has 4 nitrogen and oxygen atoms in total. The lowest BCUT2D eigenvalue weighted by Crippen LogP contribution is -2.23. The van der Waals surface area contributed by atoms with Crippen LogP contribution in [0.15, 0.2) is 6.07 Å². The van der Waals surface area contributed by atoms with Crippen LogP contribution in [-0.2, 0) is 10.2 Å². The summed E-state index contributed by atoms with van der Waals surface area (Å²) < 4.78 is 5.30. The zero-order valence-electron chi connectivity index (χ0n) is 9.57. The molecule has 0 aromatic carbocycles. The molecule has 0 fully saturated rings. The maximum Gasteiger partial charge on any atom is 0.216 e. The van der Waals surface area contributed by atoms with Crippen LogP contribution in [0, 0.1) is 6.92 Å². The van der Waals surface area contributed by atoms with Crippen molar-refractivity contribution in [1.82, 2.24) is 9.97 Å². The van der Waals surface area contributed by atoms with Gasteiger partial charge in [-0.15, -0.1) is 0 Å². The zero-order chi connectivity index (χ0) is 11.5. The zero-order valence-corrected chi connectivity index (χ0v) is 9.57. The van der Waals surface area contributed by atoms with Crippen LogP contribution in [0.3, 0.4) is 0 Å². The highest BCUT2D eigenvalue weighted by Gasteiger charge is 2.24. The number of carbonyl (C=O) groups is 1. The molecule has 0 bridgehead atoms. The molecule has 0 radical (unpaired) electrons. The van der Waals surface area contributed by atoms with E-state index in [9.17, 15) is 4.79 Å². The van der Waals surface area contributed by atoms with E-state index in [0.717, 1.165) is 12.0 Å². The van der Waals surface area contributed by atoms with Crippen LogP contribution in [-0.4, -0.2) is 22.9 Å². The van der Waals surface area contributed by atoms with Crippen molar-refractivity contribution in [3.63, 3.8) is 0 Å². The molecule has 0 aliphatic heterocycles. The van der Waals surface area contributed by atoms with Gasteiger partial charge in [0.2, 0.25) is 5.88 Å². The number of rotatable bonds is 4. The fourth-order valence-corrected chi connectivity index (χ4v) is 1.10. The average Bonchev–Trinajstić information content (AvgIpc) is 2.17. The van der Waals surface area contributed by atoms with Crippen LogP contribution >= 0.6 is 0 Å². The predicted octanol–water partition coefficient (Wildman–Crippen LogP) is 1.66. The first-order valence-corrected chi connectivity index (χ1v) is 4.95. The minimum Gasteiger partial charge on any atom is -0.478 e. The second-order valence-electron chi connectivity index (χ2n) is 3.94. The van der Waals surface area contributed by atoms with E-state index < -0.39 is 5.41 Å². The highest BCUT2D eigenvalue weighted by molar-refractivity contribution is 5.65. The summed E-state index contributed by atoms with van der Waals surface area (Å²) in [5.74, 6) is 1.02. The minimum absolute atomic E-state index is 0.501. The third-order valence-electron chi connectivity index (χ3n) is 1.99. The predicted molar refractivity (Wildman–Crippen MR) is 57.0 cm³/mol. The van der Waals surface area contributed by atoms with Gasteiger partial charge in [0, 0.05) is 11.8 Å². The summed E-state index contributed by atoms with van der Waals surface area (Å²) in [6.45, 7) is 7.86. The Labute approximate surface area is 89.7 Å². The number of aryl methyl sites for hydroxylation is 1. The summed E-state index contributed by atoms with van der Waals surface area (Å²) >= 11 is 0. The Balaban J connectivity index is 3.14. The Kier molecular flexibility index (Phi) is 3.39. The fourth-order valence-electron chi connectivity index (χ4n) is 1.10. The molecule has 0 aliphatic carbocycles. The maximum absolute atomic E-state index is 10.9. The normalized spacial score (nSPS) is 11.2. The Morgan fingerprint density at radius 3 is 2.67 bits per heavy atom. The topological polar surface area (TPSA) is 52.1 Å². The van der Waals surface area contributed by atoms with E-state index in [1.54, 1.807) is 19.9 Å². The molecule has 0 unspecified atom stereocenters. The third-order valence-corrected chi connectivity index (χ3v) is 1.99. The van der Waals surface area contributed by atoms with E-state index in [2.05, 4.69) is 9.97 Å². The van der Waals surface area contributed by atoms with E-state index in [-0.39, 0.29) is 0 Å². The van der Waals surface area contributed by atoms with Crippen molar-refractivity contribution in [2.24, 2.45) is 0 Å². The smallest absolute Gasteiger partial charge is 0.216 e. The molecule has 4 heteroatoms. The van der Waals surface area contributed by atoms with Crippen LogP contribution in [0.25, 0.3) is 0 Å². The van der Waals surface area contributed by atoms with Crippen LogP contribution in [0.4, 0.5) is 0 Å². The third kappa shape index (κ3) is 2.75. The molecule has 0 saturated heterocycles. The molecule has 0 aliphatic rings. The Morgan fingerprint density at radius 1 is 1.47 bits per heavy atom. The number of hydrogen-bond donors (Lipinski definition) is 0. The van der Waals surface area contributed by atoms with Crippen molar-refractivity contribution in [2.75, 3.05) is 6.61 Å². The van der Waals surface area contributed by atoms with Crippen molar-refractivity contribution in [3.8, 4) is 5.88 Å². The first-order chi connectivity index (χ1) is 6.99. The highest BCUT2D eigenvalue weighted by atomic mass is 16.5. The lowest BCUT2D eigenvalue weighted by atomic mass is 9.95. The molecule has 0 spiro atoms. The van der Waals surface area contributed by atoms with E-state index >= 15 is 0 Å². The lowest BCUT2D eigenvalue weighted by Gasteiger charge is -2.16. The molecule has 1 heterocycles. The van der Waals surface area contributed by atoms with Crippen molar-refractivity contribution in [1.29, 1.82) is 0 Å². The minimum atomic E-state index is -0.669. The van der Waals surface area contributed by atoms with Gasteiger partial charge in [-0.05, 0) is 27.7 Å². The number of aromatic nitrogens is 2. The molecule has 0 amide bonds. The molecule has 82 valence electrons. The Morgan fingerprint density at radius 2 is 2.13 bits per heavy atom. The van der Waals surface area contributed by atoms with Crippen molar-refractivity contribution in [2.45, 2.75) is 33.1 Å². The van der Waals surface area contributed by atoms with Crippen molar-refractivity contribution in [3.05, 3.63) is 17.6 Å². The second-order valence-corrected chi connectivity index (χ2v) is 3.94. The van der Waals surface area contributed by atoms with Gasteiger partial charge in [-0.2, -0.15) is 4.98 Å². The molecule has 0 atom stereocenters. The van der Waals surface area contributed by atoms with Gasteiger partial charge < -0.3 is 9.53 Å². The summed E-state index contributed by atoms with van der Waals surface area (Å²) in [6.07, 6.45) is 0.845. The number of nitrogens with zero attached hydrogens (tertiary/aromatic N) is 2. The van der Waals surface area contributed by atoms with Crippen LogP contribution in [0.2, 0.25) is 0 Å². The van der Waals surface area contributed by atoms with Gasteiger partial charge in [0.05, 0.1) is 12.0 Å². The van der Waals surface area contributed by atoms with Crippen LogP contribution < -0.4 is 4.74 Å². The van der Waals surface area contributed by atoms with Gasteiger partial charge in [0.15, 0.2) is 0 Å². The quantitative estimate of drug-likeness (QED) is 0.706. The number of hydrogen-bond acceptors (Lipinski definition) is 4. The van der Waals surface area contributed by atoms with Crippen LogP contribution in [0.1, 0.15) is 32.3 Å². The van der Waals surface area contributed by atoms with Gasteiger partial charge in [-0.1, -0.05) is 0 Å². The Hall–Kier alpha value is -1.45. The van der Waals surface area contributed by atoms with Gasteiger partial charge in [-0.3, -0.25) is 0 Å². The maximum atomic E-state index is 10.9. The number of ether oxygens (including phenoxy) is 1. The first kappa shape index (κ1) is 11.6. The molecule has 15 heavy (non-hydrogen) atoms. The SMILES string of the molecule is CCOc1cc(C)nc(C(C)(C)C=O)n1. The molecular weight excluding hydrogens is 192 g/mol. The molecule has 0 saturated carbocycles. The van der Waals surface area contributed by atoms with E-state index in [4.69, 9.17) is 4.74 Å². The van der Waals surface area contributed by atoms with Crippen LogP contribution in [0.5, 0.6) is 5.88 Å². The molecule has 1 aromatic heterocycles. The Bertz CT molecular complexity index is 362. The summed E-state index contributed by atoms with van der Waals surface area (Å²) in [5.41, 5.74) is 0.135. The lowest BCUT2D eigenvalue weighted by molar-refractivity contribution is -0.111. The van der Waals surface area contributed by atoms with Gasteiger partial charge in [-0.25, -0.2) is 4.98 Å². The first-order valence-electron chi connectivity index (χ1n) is 4.95. The summed E-state index contributed by atoms with van der Waals surface area (Å²) in [5, 5.41) is 0. The second kappa shape index (κ2) is 4.38. The monoisotopic (exact) mass is 208 g/mol. The average molecular weight is 208 g/mol. The van der Waals surface area contributed by atoms with E-state index in [0.29, 0.717) is 18.3 Å². The molecule has 1 rings (SSSR count). The highest BCUT2D eigenvalue weighted by Crippen LogP contribution is 2.19. The summed E-state index contributed by atoms with van der Waals surface area (Å²) in [4.78, 5) is 19.3. The van der Waals surface area contributed by atoms with Gasteiger partial charge in [0.25, 0.3) is 0 Å². The number of carbonyl (C=O) groups excluding carboxylic acids is 1. The molecular formula is C11H16N2O2. The summed E-state index contributed by atoms with van der Waals surface area (Å²) in [7, 11) is 0.